The maximum atomic E-state index is 4.13. The molecule has 0 N–H and O–H groups in total. The normalized spacial score (nSPS) is 13.2. The Bertz CT molecular complexity index is 228. The first-order valence-electron chi connectivity index (χ1n) is 5.13. The summed E-state index contributed by atoms with van der Waals surface area (Å²) in [6.45, 7) is 6.86. The maximum absolute atomic E-state index is 4.13. The van der Waals surface area contributed by atoms with E-state index in [-0.39, 0.29) is 0 Å². The van der Waals surface area contributed by atoms with E-state index in [1.165, 1.54) is 18.4 Å². The molecule has 0 fully saturated rings. The fourth-order valence-corrected chi connectivity index (χ4v) is 1.67. The second-order valence-corrected chi connectivity index (χ2v) is 3.98. The molecule has 1 aromatic heterocycles. The van der Waals surface area contributed by atoms with E-state index in [0.717, 1.165) is 11.8 Å². The number of pyridine rings is 1. The van der Waals surface area contributed by atoms with Crippen molar-refractivity contribution >= 4 is 0 Å². The van der Waals surface area contributed by atoms with Gasteiger partial charge in [-0.05, 0) is 29.9 Å². The molecule has 0 radical (unpaired) electrons. The zero-order chi connectivity index (χ0) is 9.68. The molecule has 1 aromatic rings. The van der Waals surface area contributed by atoms with Crippen molar-refractivity contribution in [1.82, 2.24) is 4.98 Å². The van der Waals surface area contributed by atoms with Gasteiger partial charge in [-0.15, -0.1) is 0 Å². The molecule has 0 aromatic carbocycles. The Kier molecular flexibility index (Phi) is 3.94. The third kappa shape index (κ3) is 3.17. The van der Waals surface area contributed by atoms with Gasteiger partial charge in [0.15, 0.2) is 0 Å². The highest BCUT2D eigenvalue weighted by Crippen LogP contribution is 2.19. The van der Waals surface area contributed by atoms with Crippen LogP contribution in [0.3, 0.4) is 0 Å². The minimum Gasteiger partial charge on any atom is -0.264 e. The van der Waals surface area contributed by atoms with Gasteiger partial charge in [0.25, 0.3) is 0 Å². The minimum atomic E-state index is 0.769. The molecule has 0 aliphatic heterocycles. The number of hydrogen-bond donors (Lipinski definition) is 0. The zero-order valence-electron chi connectivity index (χ0n) is 8.83. The van der Waals surface area contributed by atoms with Crippen LogP contribution in [0.5, 0.6) is 0 Å². The summed E-state index contributed by atoms with van der Waals surface area (Å²) >= 11 is 0. The van der Waals surface area contributed by atoms with Crippen molar-refractivity contribution in [3.8, 4) is 0 Å². The largest absolute Gasteiger partial charge is 0.264 e. The molecule has 1 atom stereocenters. The number of aromatic nitrogens is 1. The van der Waals surface area contributed by atoms with Gasteiger partial charge in [-0.2, -0.15) is 0 Å². The summed E-state index contributed by atoms with van der Waals surface area (Å²) in [7, 11) is 0. The van der Waals surface area contributed by atoms with Crippen LogP contribution in [-0.2, 0) is 6.42 Å². The second kappa shape index (κ2) is 5.00. The van der Waals surface area contributed by atoms with Gasteiger partial charge >= 0.3 is 0 Å². The lowest BCUT2D eigenvalue weighted by Gasteiger charge is -2.18. The third-order valence-corrected chi connectivity index (χ3v) is 2.69. The molecule has 0 aliphatic carbocycles. The van der Waals surface area contributed by atoms with Gasteiger partial charge in [0, 0.05) is 12.4 Å². The molecule has 0 saturated heterocycles. The molecule has 0 aliphatic rings. The van der Waals surface area contributed by atoms with E-state index in [1.54, 1.807) is 0 Å². The highest BCUT2D eigenvalue weighted by molar-refractivity contribution is 5.09. The number of hydrogen-bond acceptors (Lipinski definition) is 1. The summed E-state index contributed by atoms with van der Waals surface area (Å²) in [5.74, 6) is 1.56. The first kappa shape index (κ1) is 10.2. The molecular formula is C12H19N. The zero-order valence-corrected chi connectivity index (χ0v) is 8.83. The second-order valence-electron chi connectivity index (χ2n) is 3.98. The van der Waals surface area contributed by atoms with Crippen LogP contribution in [0.2, 0.25) is 0 Å². The molecule has 1 unspecified atom stereocenters. The molecular weight excluding hydrogens is 158 g/mol. The van der Waals surface area contributed by atoms with Gasteiger partial charge < -0.3 is 0 Å². The van der Waals surface area contributed by atoms with Crippen molar-refractivity contribution in [1.29, 1.82) is 0 Å². The smallest absolute Gasteiger partial charge is 0.0299 e. The maximum Gasteiger partial charge on any atom is 0.0299 e. The molecule has 0 spiro atoms. The highest BCUT2D eigenvalue weighted by atomic mass is 14.6. The van der Waals surface area contributed by atoms with Gasteiger partial charge in [0.2, 0.25) is 0 Å². The predicted octanol–water partition coefficient (Wildman–Crippen LogP) is 3.31. The van der Waals surface area contributed by atoms with Crippen molar-refractivity contribution in [3.05, 3.63) is 30.1 Å². The fraction of sp³-hybridized carbons (Fsp3) is 0.583. The van der Waals surface area contributed by atoms with Crippen LogP contribution in [0.15, 0.2) is 24.5 Å². The van der Waals surface area contributed by atoms with E-state index >= 15 is 0 Å². The van der Waals surface area contributed by atoms with Crippen LogP contribution in [0.1, 0.15) is 32.8 Å². The van der Waals surface area contributed by atoms with Crippen LogP contribution in [0.4, 0.5) is 0 Å². The first-order chi connectivity index (χ1) is 6.24. The summed E-state index contributed by atoms with van der Waals surface area (Å²) in [5.41, 5.74) is 1.36. The first-order valence-corrected chi connectivity index (χ1v) is 5.13. The van der Waals surface area contributed by atoms with Gasteiger partial charge in [-0.25, -0.2) is 0 Å². The van der Waals surface area contributed by atoms with E-state index in [0.29, 0.717) is 0 Å². The molecule has 1 nitrogen and oxygen atoms in total. The van der Waals surface area contributed by atoms with E-state index in [2.05, 4.69) is 31.8 Å². The topological polar surface area (TPSA) is 12.9 Å². The highest BCUT2D eigenvalue weighted by Gasteiger charge is 2.11. The predicted molar refractivity (Wildman–Crippen MR) is 56.6 cm³/mol. The summed E-state index contributed by atoms with van der Waals surface area (Å²) < 4.78 is 0. The molecule has 0 bridgehead atoms. The Morgan fingerprint density at radius 1 is 1.38 bits per heavy atom. The van der Waals surface area contributed by atoms with Crippen LogP contribution in [0.25, 0.3) is 0 Å². The molecule has 1 heteroatoms. The summed E-state index contributed by atoms with van der Waals surface area (Å²) in [4.78, 5) is 4.13. The van der Waals surface area contributed by atoms with Gasteiger partial charge in [0.1, 0.15) is 0 Å². The number of rotatable bonds is 4. The molecule has 13 heavy (non-hydrogen) atoms. The van der Waals surface area contributed by atoms with E-state index < -0.39 is 0 Å². The average Bonchev–Trinajstić information content (AvgIpc) is 2.15. The SMILES string of the molecule is CCC(Cc1cccnc1)C(C)C. The minimum absolute atomic E-state index is 0.769. The average molecular weight is 177 g/mol. The van der Waals surface area contributed by atoms with Gasteiger partial charge in [-0.3, -0.25) is 4.98 Å². The van der Waals surface area contributed by atoms with Crippen molar-refractivity contribution in [2.45, 2.75) is 33.6 Å². The lowest BCUT2D eigenvalue weighted by Crippen LogP contribution is -2.10. The van der Waals surface area contributed by atoms with Gasteiger partial charge in [0.05, 0.1) is 0 Å². The standard InChI is InChI=1S/C12H19N/c1-4-12(10(2)3)8-11-6-5-7-13-9-11/h5-7,9-10,12H,4,8H2,1-3H3. The summed E-state index contributed by atoms with van der Waals surface area (Å²) in [6.07, 6.45) is 6.24. The monoisotopic (exact) mass is 177 g/mol. The lowest BCUT2D eigenvalue weighted by molar-refractivity contribution is 0.370. The van der Waals surface area contributed by atoms with Crippen LogP contribution in [0, 0.1) is 11.8 Å². The van der Waals surface area contributed by atoms with Crippen LogP contribution >= 0.6 is 0 Å². The Hall–Kier alpha value is -0.850. The van der Waals surface area contributed by atoms with Gasteiger partial charge in [-0.1, -0.05) is 33.3 Å². The van der Waals surface area contributed by atoms with E-state index in [9.17, 15) is 0 Å². The van der Waals surface area contributed by atoms with Crippen molar-refractivity contribution in [2.75, 3.05) is 0 Å². The van der Waals surface area contributed by atoms with Crippen molar-refractivity contribution in [2.24, 2.45) is 11.8 Å². The van der Waals surface area contributed by atoms with Crippen molar-refractivity contribution < 1.29 is 0 Å². The Labute approximate surface area is 81.2 Å². The molecule has 1 heterocycles. The van der Waals surface area contributed by atoms with Crippen molar-refractivity contribution in [3.63, 3.8) is 0 Å². The molecule has 0 saturated carbocycles. The molecule has 1 rings (SSSR count). The van der Waals surface area contributed by atoms with Crippen LogP contribution < -0.4 is 0 Å². The molecule has 72 valence electrons. The Balaban J connectivity index is 2.57. The Morgan fingerprint density at radius 2 is 2.15 bits per heavy atom. The third-order valence-electron chi connectivity index (χ3n) is 2.69. The van der Waals surface area contributed by atoms with E-state index in [4.69, 9.17) is 0 Å². The lowest BCUT2D eigenvalue weighted by atomic mass is 9.88. The molecule has 0 amide bonds. The summed E-state index contributed by atoms with van der Waals surface area (Å²) in [5, 5.41) is 0. The fourth-order valence-electron chi connectivity index (χ4n) is 1.67. The Morgan fingerprint density at radius 3 is 2.62 bits per heavy atom. The summed E-state index contributed by atoms with van der Waals surface area (Å²) in [6, 6.07) is 4.18. The van der Waals surface area contributed by atoms with E-state index in [1.807, 2.05) is 18.5 Å². The van der Waals surface area contributed by atoms with Crippen LogP contribution in [-0.4, -0.2) is 4.98 Å². The number of nitrogens with zero attached hydrogens (tertiary/aromatic N) is 1. The quantitative estimate of drug-likeness (QED) is 0.687.